The summed E-state index contributed by atoms with van der Waals surface area (Å²) in [6, 6.07) is 0. The van der Waals surface area contributed by atoms with Gasteiger partial charge in [0.2, 0.25) is 0 Å². The van der Waals surface area contributed by atoms with Crippen LogP contribution in [0.1, 0.15) is 19.3 Å². The predicted molar refractivity (Wildman–Crippen MR) is 50.5 cm³/mol. The van der Waals surface area contributed by atoms with Gasteiger partial charge in [0, 0.05) is 19.8 Å². The van der Waals surface area contributed by atoms with E-state index in [-0.39, 0.29) is 6.10 Å². The van der Waals surface area contributed by atoms with Gasteiger partial charge in [-0.05, 0) is 37.6 Å². The number of ether oxygens (including phenoxy) is 1. The molecule has 2 fully saturated rings. The van der Waals surface area contributed by atoms with Crippen molar-refractivity contribution in [2.75, 3.05) is 26.3 Å². The summed E-state index contributed by atoms with van der Waals surface area (Å²) in [5, 5.41) is 13.0. The quantitative estimate of drug-likeness (QED) is 0.620. The van der Waals surface area contributed by atoms with Gasteiger partial charge in [0.05, 0.1) is 6.10 Å². The van der Waals surface area contributed by atoms with E-state index in [9.17, 15) is 5.11 Å². The van der Waals surface area contributed by atoms with Crippen molar-refractivity contribution in [1.29, 1.82) is 0 Å². The number of rotatable bonds is 1. The van der Waals surface area contributed by atoms with E-state index in [0.29, 0.717) is 11.8 Å². The number of nitrogens with one attached hydrogen (secondary N) is 1. The van der Waals surface area contributed by atoms with Crippen molar-refractivity contribution in [3.8, 4) is 0 Å². The maximum absolute atomic E-state index is 9.80. The van der Waals surface area contributed by atoms with Crippen LogP contribution in [-0.4, -0.2) is 37.5 Å². The van der Waals surface area contributed by atoms with Crippen molar-refractivity contribution < 1.29 is 9.84 Å². The summed E-state index contributed by atoms with van der Waals surface area (Å²) in [7, 11) is 0. The van der Waals surface area contributed by atoms with E-state index in [4.69, 9.17) is 4.74 Å². The Morgan fingerprint density at radius 3 is 2.92 bits per heavy atom. The smallest absolute Gasteiger partial charge is 0.0696 e. The molecule has 13 heavy (non-hydrogen) atoms. The van der Waals surface area contributed by atoms with Crippen molar-refractivity contribution in [2.24, 2.45) is 11.8 Å². The molecule has 0 saturated carbocycles. The monoisotopic (exact) mass is 185 g/mol. The van der Waals surface area contributed by atoms with Crippen molar-refractivity contribution in [3.05, 3.63) is 0 Å². The lowest BCUT2D eigenvalue weighted by Gasteiger charge is -2.36. The normalized spacial score (nSPS) is 41.8. The second kappa shape index (κ2) is 4.40. The fourth-order valence-electron chi connectivity index (χ4n) is 2.52. The van der Waals surface area contributed by atoms with Crippen molar-refractivity contribution >= 4 is 0 Å². The molecule has 0 aliphatic carbocycles. The van der Waals surface area contributed by atoms with Crippen LogP contribution in [0.3, 0.4) is 0 Å². The molecule has 2 N–H and O–H groups in total. The highest BCUT2D eigenvalue weighted by atomic mass is 16.5. The van der Waals surface area contributed by atoms with Crippen molar-refractivity contribution in [1.82, 2.24) is 5.32 Å². The van der Waals surface area contributed by atoms with Gasteiger partial charge in [-0.25, -0.2) is 0 Å². The second-order valence-corrected chi connectivity index (χ2v) is 4.20. The van der Waals surface area contributed by atoms with Gasteiger partial charge >= 0.3 is 0 Å². The van der Waals surface area contributed by atoms with E-state index in [0.717, 1.165) is 32.7 Å². The minimum atomic E-state index is -0.152. The first-order valence-electron chi connectivity index (χ1n) is 5.34. The third-order valence-electron chi connectivity index (χ3n) is 3.30. The fourth-order valence-corrected chi connectivity index (χ4v) is 2.52. The molecule has 0 bridgehead atoms. The molecule has 2 heterocycles. The highest BCUT2D eigenvalue weighted by Crippen LogP contribution is 2.28. The summed E-state index contributed by atoms with van der Waals surface area (Å²) in [6.45, 7) is 3.60. The maximum Gasteiger partial charge on any atom is 0.0696 e. The number of piperidine rings is 1. The maximum atomic E-state index is 9.80. The van der Waals surface area contributed by atoms with Gasteiger partial charge in [0.25, 0.3) is 0 Å². The zero-order chi connectivity index (χ0) is 9.10. The zero-order valence-corrected chi connectivity index (χ0v) is 8.04. The molecule has 0 radical (unpaired) electrons. The fraction of sp³-hybridized carbons (Fsp3) is 1.00. The highest BCUT2D eigenvalue weighted by Gasteiger charge is 2.31. The van der Waals surface area contributed by atoms with Gasteiger partial charge in [-0.2, -0.15) is 0 Å². The molecule has 0 amide bonds. The van der Waals surface area contributed by atoms with Crippen LogP contribution in [0.2, 0.25) is 0 Å². The van der Waals surface area contributed by atoms with Crippen molar-refractivity contribution in [3.63, 3.8) is 0 Å². The lowest BCUT2D eigenvalue weighted by Crippen LogP contribution is -2.45. The lowest BCUT2D eigenvalue weighted by atomic mass is 9.80. The van der Waals surface area contributed by atoms with Crippen LogP contribution in [0.5, 0.6) is 0 Å². The number of hydrogen-bond donors (Lipinski definition) is 2. The average molecular weight is 185 g/mol. The molecule has 2 aliphatic heterocycles. The Labute approximate surface area is 79.5 Å². The summed E-state index contributed by atoms with van der Waals surface area (Å²) >= 11 is 0. The first-order chi connectivity index (χ1) is 6.38. The Morgan fingerprint density at radius 1 is 1.31 bits per heavy atom. The van der Waals surface area contributed by atoms with E-state index in [1.54, 1.807) is 0 Å². The summed E-state index contributed by atoms with van der Waals surface area (Å²) in [5.74, 6) is 1.08. The largest absolute Gasteiger partial charge is 0.392 e. The zero-order valence-electron chi connectivity index (χ0n) is 8.04. The molecule has 0 aromatic rings. The third-order valence-corrected chi connectivity index (χ3v) is 3.30. The lowest BCUT2D eigenvalue weighted by molar-refractivity contribution is -0.0221. The van der Waals surface area contributed by atoms with Gasteiger partial charge in [0.15, 0.2) is 0 Å². The van der Waals surface area contributed by atoms with Gasteiger partial charge in [0.1, 0.15) is 0 Å². The molecule has 3 unspecified atom stereocenters. The number of aliphatic hydroxyl groups excluding tert-OH is 1. The van der Waals surface area contributed by atoms with Crippen LogP contribution in [-0.2, 0) is 4.74 Å². The first-order valence-corrected chi connectivity index (χ1v) is 5.34. The van der Waals surface area contributed by atoms with Crippen LogP contribution in [0.25, 0.3) is 0 Å². The summed E-state index contributed by atoms with van der Waals surface area (Å²) in [5.41, 5.74) is 0. The van der Waals surface area contributed by atoms with Gasteiger partial charge in [-0.3, -0.25) is 0 Å². The molecule has 3 nitrogen and oxygen atoms in total. The van der Waals surface area contributed by atoms with Crippen LogP contribution >= 0.6 is 0 Å². The summed E-state index contributed by atoms with van der Waals surface area (Å²) < 4.78 is 5.45. The van der Waals surface area contributed by atoms with E-state index < -0.39 is 0 Å². The van der Waals surface area contributed by atoms with E-state index in [1.165, 1.54) is 12.8 Å². The molecule has 0 aromatic heterocycles. The topological polar surface area (TPSA) is 41.5 Å². The molecular weight excluding hydrogens is 166 g/mol. The van der Waals surface area contributed by atoms with Crippen molar-refractivity contribution in [2.45, 2.75) is 25.4 Å². The minimum absolute atomic E-state index is 0.152. The van der Waals surface area contributed by atoms with Gasteiger partial charge < -0.3 is 15.2 Å². The Kier molecular flexibility index (Phi) is 3.19. The summed E-state index contributed by atoms with van der Waals surface area (Å²) in [6.07, 6.45) is 3.36. The predicted octanol–water partition coefficient (Wildman–Crippen LogP) is 0.383. The molecule has 0 spiro atoms. The standard InChI is InChI=1S/C10H19NO2/c12-10-6-11-4-3-9(10)8-2-1-5-13-7-8/h8-12H,1-7H2. The molecule has 0 aromatic carbocycles. The molecule has 76 valence electrons. The third kappa shape index (κ3) is 2.22. The van der Waals surface area contributed by atoms with Crippen LogP contribution in [0.15, 0.2) is 0 Å². The SMILES string of the molecule is OC1CNCCC1C1CCCOC1. The van der Waals surface area contributed by atoms with Gasteiger partial charge in [-0.1, -0.05) is 0 Å². The Bertz CT molecular complexity index is 157. The number of β-amino-alcohol motifs (C(OH)–C–C–N with tert-alkyl or cyclic N) is 1. The van der Waals surface area contributed by atoms with Crippen LogP contribution in [0.4, 0.5) is 0 Å². The molecule has 2 aliphatic rings. The van der Waals surface area contributed by atoms with Gasteiger partial charge in [-0.15, -0.1) is 0 Å². The van der Waals surface area contributed by atoms with Crippen LogP contribution in [0, 0.1) is 11.8 Å². The van der Waals surface area contributed by atoms with E-state index in [2.05, 4.69) is 5.32 Å². The molecule has 3 atom stereocenters. The second-order valence-electron chi connectivity index (χ2n) is 4.20. The molecular formula is C10H19NO2. The minimum Gasteiger partial charge on any atom is -0.392 e. The van der Waals surface area contributed by atoms with E-state index >= 15 is 0 Å². The molecule has 2 saturated heterocycles. The molecule has 2 rings (SSSR count). The van der Waals surface area contributed by atoms with Crippen LogP contribution < -0.4 is 5.32 Å². The Balaban J connectivity index is 1.88. The highest BCUT2D eigenvalue weighted by molar-refractivity contribution is 4.83. The van der Waals surface area contributed by atoms with E-state index in [1.807, 2.05) is 0 Å². The summed E-state index contributed by atoms with van der Waals surface area (Å²) in [4.78, 5) is 0. The Hall–Kier alpha value is -0.120. The average Bonchev–Trinajstić information content (AvgIpc) is 2.20. The first kappa shape index (κ1) is 9.44. The number of hydrogen-bond acceptors (Lipinski definition) is 3. The molecule has 3 heteroatoms. The Morgan fingerprint density at radius 2 is 2.23 bits per heavy atom. The number of aliphatic hydroxyl groups is 1.